The molecule has 1 aromatic rings. The number of aromatic nitrogens is 1. The van der Waals surface area contributed by atoms with Crippen LogP contribution in [-0.2, 0) is 0 Å². The summed E-state index contributed by atoms with van der Waals surface area (Å²) in [4.78, 5) is 14.7. The second kappa shape index (κ2) is 5.49. The van der Waals surface area contributed by atoms with E-state index in [0.29, 0.717) is 11.7 Å². The van der Waals surface area contributed by atoms with Gasteiger partial charge in [0.25, 0.3) is 0 Å². The summed E-state index contributed by atoms with van der Waals surface area (Å²) >= 11 is 0. The zero-order valence-corrected chi connectivity index (χ0v) is 9.80. The van der Waals surface area contributed by atoms with E-state index in [1.54, 1.807) is 6.07 Å². The molecule has 0 aromatic carbocycles. The van der Waals surface area contributed by atoms with Crippen LogP contribution in [0.3, 0.4) is 0 Å². The van der Waals surface area contributed by atoms with Gasteiger partial charge in [-0.2, -0.15) is 0 Å². The molecule has 1 N–H and O–H groups in total. The molecular formula is C12H17NO3. The second-order valence-corrected chi connectivity index (χ2v) is 4.24. The third-order valence-corrected chi connectivity index (χ3v) is 2.14. The monoisotopic (exact) mass is 223 g/mol. The molecule has 1 aromatic heterocycles. The van der Waals surface area contributed by atoms with Gasteiger partial charge in [0.05, 0.1) is 6.10 Å². The highest BCUT2D eigenvalue weighted by molar-refractivity contribution is 5.90. The van der Waals surface area contributed by atoms with Crippen LogP contribution in [0.15, 0.2) is 18.5 Å². The summed E-state index contributed by atoms with van der Waals surface area (Å²) in [6, 6.07) is 1.58. The highest BCUT2D eigenvalue weighted by Gasteiger charge is 2.14. The predicted octanol–water partition coefficient (Wildman–Crippen LogP) is 2.59. The number of nitrogens with zero attached hydrogens (tertiary/aromatic N) is 1. The number of rotatable bonds is 5. The molecule has 0 fully saturated rings. The standard InChI is InChI=1S/C12H17NO3/c1-8(2)6-9(3)16-11-4-5-13-7-10(11)12(14)15/h4-5,7-9H,6H2,1-3H3,(H,14,15). The molecule has 16 heavy (non-hydrogen) atoms. The number of carboxylic acid groups (broad SMARTS) is 1. The zero-order chi connectivity index (χ0) is 12.1. The maximum Gasteiger partial charge on any atom is 0.341 e. The summed E-state index contributed by atoms with van der Waals surface area (Å²) in [5, 5.41) is 8.94. The lowest BCUT2D eigenvalue weighted by atomic mass is 10.1. The summed E-state index contributed by atoms with van der Waals surface area (Å²) in [6.07, 6.45) is 3.73. The molecular weight excluding hydrogens is 206 g/mol. The number of carbonyl (C=O) groups is 1. The SMILES string of the molecule is CC(C)CC(C)Oc1ccncc1C(=O)O. The fourth-order valence-corrected chi connectivity index (χ4v) is 1.57. The van der Waals surface area contributed by atoms with E-state index >= 15 is 0 Å². The van der Waals surface area contributed by atoms with Gasteiger partial charge in [-0.1, -0.05) is 13.8 Å². The van der Waals surface area contributed by atoms with Crippen molar-refractivity contribution in [3.63, 3.8) is 0 Å². The van der Waals surface area contributed by atoms with Crippen molar-refractivity contribution in [2.75, 3.05) is 0 Å². The number of ether oxygens (including phenoxy) is 1. The normalized spacial score (nSPS) is 12.5. The van der Waals surface area contributed by atoms with Gasteiger partial charge in [0.15, 0.2) is 0 Å². The number of aromatic carboxylic acids is 1. The topological polar surface area (TPSA) is 59.4 Å². The average molecular weight is 223 g/mol. The van der Waals surface area contributed by atoms with Gasteiger partial charge in [-0.15, -0.1) is 0 Å². The largest absolute Gasteiger partial charge is 0.490 e. The fourth-order valence-electron chi connectivity index (χ4n) is 1.57. The van der Waals surface area contributed by atoms with Crippen molar-refractivity contribution in [1.82, 2.24) is 4.98 Å². The van der Waals surface area contributed by atoms with E-state index in [4.69, 9.17) is 9.84 Å². The van der Waals surface area contributed by atoms with Crippen LogP contribution in [0, 0.1) is 5.92 Å². The van der Waals surface area contributed by atoms with Crippen LogP contribution >= 0.6 is 0 Å². The van der Waals surface area contributed by atoms with Crippen LogP contribution in [0.2, 0.25) is 0 Å². The number of hydrogen-bond acceptors (Lipinski definition) is 3. The van der Waals surface area contributed by atoms with E-state index in [-0.39, 0.29) is 11.7 Å². The Bertz CT molecular complexity index is 363. The zero-order valence-electron chi connectivity index (χ0n) is 9.80. The maximum absolute atomic E-state index is 10.9. The highest BCUT2D eigenvalue weighted by Crippen LogP contribution is 2.20. The Morgan fingerprint density at radius 3 is 2.75 bits per heavy atom. The predicted molar refractivity (Wildman–Crippen MR) is 60.7 cm³/mol. The van der Waals surface area contributed by atoms with Crippen LogP contribution in [0.1, 0.15) is 37.6 Å². The first-order valence-corrected chi connectivity index (χ1v) is 5.34. The van der Waals surface area contributed by atoms with Crippen LogP contribution in [0.5, 0.6) is 5.75 Å². The smallest absolute Gasteiger partial charge is 0.341 e. The molecule has 0 bridgehead atoms. The summed E-state index contributed by atoms with van der Waals surface area (Å²) < 4.78 is 5.60. The Labute approximate surface area is 95.3 Å². The van der Waals surface area contributed by atoms with Gasteiger partial charge in [0, 0.05) is 12.4 Å². The molecule has 1 atom stereocenters. The number of hydrogen-bond donors (Lipinski definition) is 1. The van der Waals surface area contributed by atoms with E-state index in [2.05, 4.69) is 18.8 Å². The van der Waals surface area contributed by atoms with Gasteiger partial charge in [-0.3, -0.25) is 4.98 Å². The number of pyridine rings is 1. The minimum absolute atomic E-state index is 0.000463. The lowest BCUT2D eigenvalue weighted by molar-refractivity contribution is 0.0688. The summed E-state index contributed by atoms with van der Waals surface area (Å²) in [6.45, 7) is 6.14. The quantitative estimate of drug-likeness (QED) is 0.833. The molecule has 0 saturated heterocycles. The van der Waals surface area contributed by atoms with E-state index in [1.807, 2.05) is 6.92 Å². The molecule has 1 heterocycles. The van der Waals surface area contributed by atoms with Gasteiger partial charge in [-0.05, 0) is 25.3 Å². The van der Waals surface area contributed by atoms with Crippen LogP contribution in [0.25, 0.3) is 0 Å². The van der Waals surface area contributed by atoms with E-state index in [1.165, 1.54) is 12.4 Å². The van der Waals surface area contributed by atoms with Crippen molar-refractivity contribution in [3.05, 3.63) is 24.0 Å². The van der Waals surface area contributed by atoms with Crippen molar-refractivity contribution < 1.29 is 14.6 Å². The van der Waals surface area contributed by atoms with Crippen molar-refractivity contribution >= 4 is 5.97 Å². The molecule has 1 unspecified atom stereocenters. The molecule has 4 heteroatoms. The molecule has 0 aliphatic carbocycles. The van der Waals surface area contributed by atoms with E-state index < -0.39 is 5.97 Å². The fraction of sp³-hybridized carbons (Fsp3) is 0.500. The van der Waals surface area contributed by atoms with E-state index in [0.717, 1.165) is 6.42 Å². The van der Waals surface area contributed by atoms with Gasteiger partial charge >= 0.3 is 5.97 Å². The lowest BCUT2D eigenvalue weighted by Gasteiger charge is -2.17. The first kappa shape index (κ1) is 12.5. The molecule has 0 amide bonds. The first-order chi connectivity index (χ1) is 7.50. The van der Waals surface area contributed by atoms with Crippen molar-refractivity contribution in [2.24, 2.45) is 5.92 Å². The van der Waals surface area contributed by atoms with E-state index in [9.17, 15) is 4.79 Å². The molecule has 0 spiro atoms. The molecule has 0 aliphatic rings. The van der Waals surface area contributed by atoms with Gasteiger partial charge < -0.3 is 9.84 Å². The summed E-state index contributed by atoms with van der Waals surface area (Å²) in [5.41, 5.74) is 0.109. The van der Waals surface area contributed by atoms with Crippen molar-refractivity contribution in [1.29, 1.82) is 0 Å². The highest BCUT2D eigenvalue weighted by atomic mass is 16.5. The number of carboxylic acids is 1. The first-order valence-electron chi connectivity index (χ1n) is 5.34. The molecule has 88 valence electrons. The van der Waals surface area contributed by atoms with Gasteiger partial charge in [0.2, 0.25) is 0 Å². The minimum Gasteiger partial charge on any atom is -0.490 e. The Morgan fingerprint density at radius 1 is 1.50 bits per heavy atom. The lowest BCUT2D eigenvalue weighted by Crippen LogP contribution is -2.16. The molecule has 1 rings (SSSR count). The molecule has 0 radical (unpaired) electrons. The minimum atomic E-state index is -1.01. The Hall–Kier alpha value is -1.58. The Morgan fingerprint density at radius 2 is 2.19 bits per heavy atom. The third-order valence-electron chi connectivity index (χ3n) is 2.14. The third kappa shape index (κ3) is 3.53. The van der Waals surface area contributed by atoms with Crippen LogP contribution < -0.4 is 4.74 Å². The van der Waals surface area contributed by atoms with Crippen LogP contribution in [0.4, 0.5) is 0 Å². The van der Waals surface area contributed by atoms with Gasteiger partial charge in [0.1, 0.15) is 11.3 Å². The molecule has 4 nitrogen and oxygen atoms in total. The maximum atomic E-state index is 10.9. The molecule has 0 aliphatic heterocycles. The van der Waals surface area contributed by atoms with Gasteiger partial charge in [-0.25, -0.2) is 4.79 Å². The summed E-state index contributed by atoms with van der Waals surface area (Å²) in [5.74, 6) is -0.111. The summed E-state index contributed by atoms with van der Waals surface area (Å²) in [7, 11) is 0. The van der Waals surface area contributed by atoms with Crippen LogP contribution in [-0.4, -0.2) is 22.2 Å². The Balaban J connectivity index is 2.76. The average Bonchev–Trinajstić information content (AvgIpc) is 2.16. The van der Waals surface area contributed by atoms with Crippen molar-refractivity contribution in [2.45, 2.75) is 33.3 Å². The molecule has 0 saturated carbocycles. The Kier molecular flexibility index (Phi) is 4.28. The second-order valence-electron chi connectivity index (χ2n) is 4.24. The van der Waals surface area contributed by atoms with Crippen molar-refractivity contribution in [3.8, 4) is 5.75 Å².